The van der Waals surface area contributed by atoms with Gasteiger partial charge in [0.25, 0.3) is 5.91 Å². The Morgan fingerprint density at radius 3 is 3.21 bits per heavy atom. The summed E-state index contributed by atoms with van der Waals surface area (Å²) in [6.45, 7) is 4.02. The molecular formula is C14H16N4O. The van der Waals surface area contributed by atoms with Crippen molar-refractivity contribution in [1.29, 1.82) is 0 Å². The fourth-order valence-corrected chi connectivity index (χ4v) is 3.39. The average molecular weight is 256 g/mol. The first-order chi connectivity index (χ1) is 9.22. The molecule has 0 aromatic carbocycles. The molecule has 19 heavy (non-hydrogen) atoms. The Hall–Kier alpha value is -1.91. The van der Waals surface area contributed by atoms with Crippen molar-refractivity contribution in [2.45, 2.75) is 19.8 Å². The Labute approximate surface area is 111 Å². The van der Waals surface area contributed by atoms with E-state index in [4.69, 9.17) is 0 Å². The molecule has 2 fully saturated rings. The Morgan fingerprint density at radius 1 is 1.58 bits per heavy atom. The lowest BCUT2D eigenvalue weighted by Crippen LogP contribution is -2.32. The van der Waals surface area contributed by atoms with Gasteiger partial charge in [-0.25, -0.2) is 9.97 Å². The van der Waals surface area contributed by atoms with Crippen LogP contribution in [-0.2, 0) is 0 Å². The number of rotatable bonds is 2. The average Bonchev–Trinajstić information content (AvgIpc) is 2.84. The van der Waals surface area contributed by atoms with Crippen LogP contribution in [0.1, 0.15) is 30.3 Å². The second-order valence-electron chi connectivity index (χ2n) is 5.76. The van der Waals surface area contributed by atoms with Crippen molar-refractivity contribution in [1.82, 2.24) is 19.3 Å². The fraction of sp³-hybridized carbons (Fsp3) is 0.500. The highest BCUT2D eigenvalue weighted by atomic mass is 16.2. The van der Waals surface area contributed by atoms with Crippen molar-refractivity contribution >= 4 is 11.7 Å². The van der Waals surface area contributed by atoms with E-state index in [-0.39, 0.29) is 5.91 Å². The van der Waals surface area contributed by atoms with Crippen LogP contribution in [-0.4, -0.2) is 38.3 Å². The van der Waals surface area contributed by atoms with E-state index in [0.29, 0.717) is 16.9 Å². The summed E-state index contributed by atoms with van der Waals surface area (Å²) in [5.41, 5.74) is 0.929. The number of carbonyl (C=O) groups is 1. The number of likely N-dealkylation sites (tertiary alicyclic amines) is 1. The molecule has 1 saturated carbocycles. The molecule has 0 N–H and O–H groups in total. The van der Waals surface area contributed by atoms with Gasteiger partial charge < -0.3 is 4.90 Å². The van der Waals surface area contributed by atoms with Crippen molar-refractivity contribution in [2.24, 2.45) is 11.3 Å². The number of imidazole rings is 1. The number of aromatic nitrogens is 3. The van der Waals surface area contributed by atoms with Gasteiger partial charge in [-0.15, -0.1) is 0 Å². The maximum absolute atomic E-state index is 12.5. The van der Waals surface area contributed by atoms with E-state index in [0.717, 1.165) is 19.0 Å². The zero-order valence-electron chi connectivity index (χ0n) is 10.9. The largest absolute Gasteiger partial charge is 0.336 e. The summed E-state index contributed by atoms with van der Waals surface area (Å²) >= 11 is 0. The van der Waals surface area contributed by atoms with E-state index in [1.54, 1.807) is 16.8 Å². The predicted molar refractivity (Wildman–Crippen MR) is 69.7 cm³/mol. The van der Waals surface area contributed by atoms with Gasteiger partial charge in [0.1, 0.15) is 5.69 Å². The topological polar surface area (TPSA) is 50.5 Å². The van der Waals surface area contributed by atoms with Crippen LogP contribution in [0, 0.1) is 11.3 Å². The molecule has 4 rings (SSSR count). The second kappa shape index (κ2) is 3.56. The van der Waals surface area contributed by atoms with Gasteiger partial charge in [0, 0.05) is 31.7 Å². The SMILES string of the molecule is CCC12CC1CN(C(=O)c1cn3cccnc3n1)C2. The van der Waals surface area contributed by atoms with Crippen molar-refractivity contribution in [3.63, 3.8) is 0 Å². The Bertz CT molecular complexity index is 627. The van der Waals surface area contributed by atoms with Gasteiger partial charge in [-0.05, 0) is 30.2 Å². The Kier molecular flexibility index (Phi) is 2.05. The minimum atomic E-state index is 0.0468. The molecule has 3 heterocycles. The maximum Gasteiger partial charge on any atom is 0.274 e. The van der Waals surface area contributed by atoms with Crippen molar-refractivity contribution in [2.75, 3.05) is 13.1 Å². The number of hydrogen-bond acceptors (Lipinski definition) is 3. The summed E-state index contributed by atoms with van der Waals surface area (Å²) in [6, 6.07) is 1.83. The lowest BCUT2D eigenvalue weighted by Gasteiger charge is -2.19. The molecule has 5 heteroatoms. The Morgan fingerprint density at radius 2 is 2.47 bits per heavy atom. The molecule has 0 spiro atoms. The summed E-state index contributed by atoms with van der Waals surface area (Å²) in [6.07, 6.45) is 7.79. The molecule has 98 valence electrons. The van der Waals surface area contributed by atoms with Crippen molar-refractivity contribution in [3.8, 4) is 0 Å². The first-order valence-electron chi connectivity index (χ1n) is 6.81. The van der Waals surface area contributed by atoms with Crippen molar-refractivity contribution < 1.29 is 4.79 Å². The van der Waals surface area contributed by atoms with E-state index in [1.165, 1.54) is 12.8 Å². The standard InChI is InChI=1S/C14H16N4O/c1-2-14-6-10(14)7-18(9-14)12(19)11-8-17-5-3-4-15-13(17)16-11/h3-5,8,10H,2,6-7,9H2,1H3. The highest BCUT2D eigenvalue weighted by molar-refractivity contribution is 5.93. The molecule has 1 aliphatic heterocycles. The molecule has 0 radical (unpaired) electrons. The van der Waals surface area contributed by atoms with Gasteiger partial charge in [0.05, 0.1) is 0 Å². The number of piperidine rings is 1. The third-order valence-electron chi connectivity index (χ3n) is 4.75. The highest BCUT2D eigenvalue weighted by Gasteiger charge is 2.59. The van der Waals surface area contributed by atoms with E-state index in [9.17, 15) is 4.79 Å². The Balaban J connectivity index is 1.61. The molecule has 0 bridgehead atoms. The van der Waals surface area contributed by atoms with Crippen LogP contribution in [0.5, 0.6) is 0 Å². The van der Waals surface area contributed by atoms with Crippen LogP contribution in [0.4, 0.5) is 0 Å². The molecule has 2 aliphatic rings. The third kappa shape index (κ3) is 1.50. The molecule has 2 atom stereocenters. The number of fused-ring (bicyclic) bond motifs is 2. The summed E-state index contributed by atoms with van der Waals surface area (Å²) in [7, 11) is 0. The zero-order chi connectivity index (χ0) is 13.0. The van der Waals surface area contributed by atoms with E-state index in [1.807, 2.05) is 17.2 Å². The molecule has 1 amide bonds. The normalized spacial score (nSPS) is 28.7. The first kappa shape index (κ1) is 11.0. The fourth-order valence-electron chi connectivity index (χ4n) is 3.39. The van der Waals surface area contributed by atoms with E-state index >= 15 is 0 Å². The van der Waals surface area contributed by atoms with Gasteiger partial charge in [-0.1, -0.05) is 6.92 Å². The lowest BCUT2D eigenvalue weighted by molar-refractivity contribution is 0.0759. The summed E-state index contributed by atoms with van der Waals surface area (Å²) in [5, 5.41) is 0. The molecule has 2 unspecified atom stereocenters. The molecular weight excluding hydrogens is 240 g/mol. The van der Waals surface area contributed by atoms with Crippen LogP contribution >= 0.6 is 0 Å². The molecule has 2 aromatic rings. The monoisotopic (exact) mass is 256 g/mol. The maximum atomic E-state index is 12.5. The number of hydrogen-bond donors (Lipinski definition) is 0. The summed E-state index contributed by atoms with van der Waals surface area (Å²) in [4.78, 5) is 22.9. The number of nitrogens with zero attached hydrogens (tertiary/aromatic N) is 4. The van der Waals surface area contributed by atoms with Gasteiger partial charge in [-0.3, -0.25) is 9.20 Å². The molecule has 1 aliphatic carbocycles. The minimum Gasteiger partial charge on any atom is -0.336 e. The quantitative estimate of drug-likeness (QED) is 0.820. The van der Waals surface area contributed by atoms with Crippen molar-refractivity contribution in [3.05, 3.63) is 30.4 Å². The summed E-state index contributed by atoms with van der Waals surface area (Å²) in [5.74, 6) is 1.35. The molecule has 1 saturated heterocycles. The molecule has 5 nitrogen and oxygen atoms in total. The predicted octanol–water partition coefficient (Wildman–Crippen LogP) is 1.60. The van der Waals surface area contributed by atoms with Gasteiger partial charge in [-0.2, -0.15) is 0 Å². The zero-order valence-corrected chi connectivity index (χ0v) is 10.9. The van der Waals surface area contributed by atoms with Crippen LogP contribution in [0.3, 0.4) is 0 Å². The minimum absolute atomic E-state index is 0.0468. The van der Waals surface area contributed by atoms with Gasteiger partial charge in [0.15, 0.2) is 0 Å². The van der Waals surface area contributed by atoms with Crippen LogP contribution < -0.4 is 0 Å². The lowest BCUT2D eigenvalue weighted by atomic mass is 10.0. The molecule has 2 aromatic heterocycles. The first-order valence-corrected chi connectivity index (χ1v) is 6.81. The van der Waals surface area contributed by atoms with Crippen LogP contribution in [0.25, 0.3) is 5.78 Å². The van der Waals surface area contributed by atoms with Crippen LogP contribution in [0.2, 0.25) is 0 Å². The van der Waals surface area contributed by atoms with E-state index in [2.05, 4.69) is 16.9 Å². The number of carbonyl (C=O) groups excluding carboxylic acids is 1. The second-order valence-corrected chi connectivity index (χ2v) is 5.76. The third-order valence-corrected chi connectivity index (χ3v) is 4.75. The number of amides is 1. The van der Waals surface area contributed by atoms with Gasteiger partial charge >= 0.3 is 0 Å². The highest BCUT2D eigenvalue weighted by Crippen LogP contribution is 2.59. The van der Waals surface area contributed by atoms with Crippen LogP contribution in [0.15, 0.2) is 24.7 Å². The van der Waals surface area contributed by atoms with E-state index < -0.39 is 0 Å². The van der Waals surface area contributed by atoms with Gasteiger partial charge in [0.2, 0.25) is 5.78 Å². The summed E-state index contributed by atoms with van der Waals surface area (Å²) < 4.78 is 1.79. The smallest absolute Gasteiger partial charge is 0.274 e.